The zero-order chi connectivity index (χ0) is 49.7. The van der Waals surface area contributed by atoms with Crippen LogP contribution in [0.25, 0.3) is 68.7 Å². The molecule has 0 radical (unpaired) electrons. The number of thiazole rings is 4. The van der Waals surface area contributed by atoms with E-state index in [4.69, 9.17) is 53.0 Å². The van der Waals surface area contributed by atoms with Gasteiger partial charge in [0, 0.05) is 44.3 Å². The van der Waals surface area contributed by atoms with Gasteiger partial charge in [-0.2, -0.15) is 0 Å². The average Bonchev–Trinajstić information content (AvgIpc) is 4.24. The predicted molar refractivity (Wildman–Crippen MR) is 289 cm³/mol. The molecule has 72 heavy (non-hydrogen) atoms. The summed E-state index contributed by atoms with van der Waals surface area (Å²) in [6.45, 7) is 5.40. The molecule has 24 heteroatoms. The molecule has 0 aromatic carbocycles. The Balaban J connectivity index is 1.09. The van der Waals surface area contributed by atoms with E-state index in [1.807, 2.05) is 30.3 Å². The normalized spacial score (nSPS) is 11.8. The second-order valence-corrected chi connectivity index (χ2v) is 23.3. The van der Waals surface area contributed by atoms with Crippen molar-refractivity contribution in [1.29, 1.82) is 0 Å². The van der Waals surface area contributed by atoms with Crippen LogP contribution in [0.3, 0.4) is 0 Å². The molecule has 0 spiro atoms. The van der Waals surface area contributed by atoms with Gasteiger partial charge in [0.2, 0.25) is 0 Å². The quantitative estimate of drug-likeness (QED) is 0.0273. The lowest BCUT2D eigenvalue weighted by atomic mass is 10.1. The SMILES string of the molecule is OCCOCCOCc1csc(-c2sc(-c3sc(-c4sc(-c5cnc(-c6cnc(-c7cnc(-c8cncs8)s7)s6)s5)cc4COCCOCCO)cc3COCCOCCO)cc2COCCOCCO)c1. The molecule has 0 aliphatic carbocycles. The Morgan fingerprint density at radius 2 is 0.750 bits per heavy atom. The monoisotopic (exact) mass is 1130 g/mol. The van der Waals surface area contributed by atoms with Crippen LogP contribution in [0.2, 0.25) is 0 Å². The van der Waals surface area contributed by atoms with Crippen molar-refractivity contribution < 1.29 is 58.3 Å². The summed E-state index contributed by atoms with van der Waals surface area (Å²) in [5.41, 5.74) is 5.96. The highest BCUT2D eigenvalue weighted by molar-refractivity contribution is 7.31. The lowest BCUT2D eigenvalue weighted by Crippen LogP contribution is -2.07. The van der Waals surface area contributed by atoms with Crippen LogP contribution in [0.1, 0.15) is 22.3 Å². The number of aliphatic hydroxyl groups excluding tert-OH is 4. The van der Waals surface area contributed by atoms with Crippen molar-refractivity contribution >= 4 is 90.7 Å². The largest absolute Gasteiger partial charge is 0.394 e. The van der Waals surface area contributed by atoms with Crippen molar-refractivity contribution in [1.82, 2.24) is 19.9 Å². The smallest absolute Gasteiger partial charge is 0.135 e. The molecular weight excluding hydrogens is 1080 g/mol. The summed E-state index contributed by atoms with van der Waals surface area (Å²) in [6.07, 6.45) is 7.52. The first-order valence-electron chi connectivity index (χ1n) is 22.8. The molecule has 0 fully saturated rings. The number of ether oxygens (including phenoxy) is 8. The number of hydrogen-bond acceptors (Lipinski definition) is 24. The van der Waals surface area contributed by atoms with Gasteiger partial charge >= 0.3 is 0 Å². The molecule has 8 aromatic rings. The molecule has 8 rings (SSSR count). The fourth-order valence-electron chi connectivity index (χ4n) is 6.82. The summed E-state index contributed by atoms with van der Waals surface area (Å²) in [5.74, 6) is 0. The first-order chi connectivity index (χ1) is 35.5. The maximum atomic E-state index is 9.24. The molecule has 0 atom stereocenters. The number of hydrogen-bond donors (Lipinski definition) is 4. The van der Waals surface area contributed by atoms with Gasteiger partial charge in [0.1, 0.15) is 15.0 Å². The van der Waals surface area contributed by atoms with Crippen LogP contribution in [0, 0.1) is 0 Å². The highest BCUT2D eigenvalue weighted by atomic mass is 32.1. The first kappa shape index (κ1) is 55.1. The van der Waals surface area contributed by atoms with Gasteiger partial charge in [-0.3, -0.25) is 4.98 Å². The molecule has 0 saturated carbocycles. The van der Waals surface area contributed by atoms with Gasteiger partial charge in [-0.05, 0) is 51.9 Å². The topological polar surface area (TPSA) is 206 Å². The second-order valence-electron chi connectivity index (χ2n) is 15.2. The van der Waals surface area contributed by atoms with E-state index in [9.17, 15) is 15.3 Å². The Bertz CT molecular complexity index is 2790. The zero-order valence-electron chi connectivity index (χ0n) is 39.0. The third-order valence-corrected chi connectivity index (χ3v) is 19.6. The van der Waals surface area contributed by atoms with E-state index in [1.54, 1.807) is 90.7 Å². The molecule has 0 bridgehead atoms. The molecule has 0 aliphatic heterocycles. The second kappa shape index (κ2) is 29.8. The summed E-state index contributed by atoms with van der Waals surface area (Å²) in [6, 6.07) is 8.78. The van der Waals surface area contributed by atoms with Crippen LogP contribution in [0.5, 0.6) is 0 Å². The van der Waals surface area contributed by atoms with Crippen LogP contribution in [-0.2, 0) is 64.3 Å². The van der Waals surface area contributed by atoms with Crippen molar-refractivity contribution in [2.24, 2.45) is 0 Å². The predicted octanol–water partition coefficient (Wildman–Crippen LogP) is 9.53. The van der Waals surface area contributed by atoms with Gasteiger partial charge in [0.05, 0.1) is 172 Å². The molecule has 8 heterocycles. The Kier molecular flexibility index (Phi) is 22.8. The highest BCUT2D eigenvalue weighted by Gasteiger charge is 2.23. The van der Waals surface area contributed by atoms with Gasteiger partial charge < -0.3 is 58.3 Å². The highest BCUT2D eigenvalue weighted by Crippen LogP contribution is 2.50. The zero-order valence-corrected chi connectivity index (χ0v) is 45.6. The Hall–Kier alpha value is -3.16. The molecule has 386 valence electrons. The fourth-order valence-corrected chi connectivity index (χ4v) is 15.2. The summed E-state index contributed by atoms with van der Waals surface area (Å²) in [5, 5.41) is 41.5. The van der Waals surface area contributed by atoms with E-state index < -0.39 is 0 Å². The maximum absolute atomic E-state index is 9.24. The molecule has 4 N–H and O–H groups in total. The number of rotatable bonds is 35. The van der Waals surface area contributed by atoms with Crippen LogP contribution >= 0.6 is 90.7 Å². The van der Waals surface area contributed by atoms with Crippen molar-refractivity contribution in [3.05, 3.63) is 82.2 Å². The van der Waals surface area contributed by atoms with Crippen LogP contribution in [0.4, 0.5) is 0 Å². The molecule has 0 amide bonds. The van der Waals surface area contributed by atoms with E-state index in [0.29, 0.717) is 79.3 Å². The van der Waals surface area contributed by atoms with Gasteiger partial charge in [0.25, 0.3) is 0 Å². The van der Waals surface area contributed by atoms with E-state index in [-0.39, 0.29) is 52.9 Å². The fraction of sp³-hybridized carbons (Fsp3) is 0.417. The minimum Gasteiger partial charge on any atom is -0.394 e. The number of aromatic nitrogens is 4. The lowest BCUT2D eigenvalue weighted by molar-refractivity contribution is 0.0275. The van der Waals surface area contributed by atoms with Gasteiger partial charge in [-0.25, -0.2) is 15.0 Å². The molecule has 16 nitrogen and oxygen atoms in total. The van der Waals surface area contributed by atoms with Crippen LogP contribution < -0.4 is 0 Å². The Morgan fingerprint density at radius 3 is 1.22 bits per heavy atom. The summed E-state index contributed by atoms with van der Waals surface area (Å²) >= 11 is 13.2. The van der Waals surface area contributed by atoms with E-state index in [0.717, 1.165) is 90.9 Å². The molecule has 0 aliphatic rings. The molecular formula is C48H54N4O12S8. The summed E-state index contributed by atoms with van der Waals surface area (Å²) in [7, 11) is 0. The minimum atomic E-state index is -0.0532. The van der Waals surface area contributed by atoms with Crippen molar-refractivity contribution in [2.75, 3.05) is 106 Å². The number of aliphatic hydroxyl groups is 4. The Labute approximate surface area is 448 Å². The molecule has 0 saturated heterocycles. The van der Waals surface area contributed by atoms with Crippen molar-refractivity contribution in [3.8, 4) is 68.7 Å². The number of thiophene rings is 4. The maximum Gasteiger partial charge on any atom is 0.135 e. The molecule has 8 aromatic heterocycles. The van der Waals surface area contributed by atoms with Gasteiger partial charge in [-0.15, -0.1) is 90.7 Å². The third-order valence-electron chi connectivity index (χ3n) is 10.0. The van der Waals surface area contributed by atoms with Crippen molar-refractivity contribution in [3.63, 3.8) is 0 Å². The van der Waals surface area contributed by atoms with E-state index in [1.165, 1.54) is 0 Å². The van der Waals surface area contributed by atoms with Crippen molar-refractivity contribution in [2.45, 2.75) is 26.4 Å². The van der Waals surface area contributed by atoms with Crippen LogP contribution in [0.15, 0.2) is 59.9 Å². The average molecular weight is 1140 g/mol. The number of nitrogens with zero attached hydrogens (tertiary/aromatic N) is 4. The third kappa shape index (κ3) is 15.7. The lowest BCUT2D eigenvalue weighted by Gasteiger charge is -2.06. The standard InChI is InChI=1S/C48H54N4O12S8/c53-1-5-57-9-13-61-25-31-17-36(65-29-31)43-33(27-63-15-11-59-7-3-55)19-38(68-43)45-34(28-64-16-12-60-8-4-56)20-37(69-45)44-32(26-62-14-10-58-6-2-54)18-35(67-44)39-22-50-47(70-39)41-24-52-48(72-41)42-23-51-46(71-42)40-21-49-30-66-40/h17-24,29-30,53-56H,1-16,25-28H2. The summed E-state index contributed by atoms with van der Waals surface area (Å²) in [4.78, 5) is 30.0. The summed E-state index contributed by atoms with van der Waals surface area (Å²) < 4.78 is 46.3. The minimum absolute atomic E-state index is 0.0223. The van der Waals surface area contributed by atoms with Gasteiger partial charge in [-0.1, -0.05) is 0 Å². The van der Waals surface area contributed by atoms with E-state index >= 15 is 0 Å². The first-order valence-corrected chi connectivity index (χ1v) is 29.5. The van der Waals surface area contributed by atoms with E-state index in [2.05, 4.69) is 39.6 Å². The molecule has 0 unspecified atom stereocenters. The Morgan fingerprint density at radius 1 is 0.347 bits per heavy atom. The van der Waals surface area contributed by atoms with Crippen LogP contribution in [-0.4, -0.2) is 146 Å². The van der Waals surface area contributed by atoms with Gasteiger partial charge in [0.15, 0.2) is 0 Å².